The molecule has 2 aromatic rings. The second-order valence-corrected chi connectivity index (χ2v) is 9.35. The van der Waals surface area contributed by atoms with E-state index >= 15 is 0 Å². The van der Waals surface area contributed by atoms with Crippen LogP contribution >= 0.6 is 0 Å². The number of aryl methyl sites for hydroxylation is 1. The summed E-state index contributed by atoms with van der Waals surface area (Å²) in [4.78, 5) is 12.4. The van der Waals surface area contributed by atoms with E-state index in [0.717, 1.165) is 24.2 Å². The van der Waals surface area contributed by atoms with Crippen LogP contribution in [0.5, 0.6) is 5.75 Å². The van der Waals surface area contributed by atoms with Crippen LogP contribution in [0.4, 0.5) is 0 Å². The molecule has 1 heterocycles. The summed E-state index contributed by atoms with van der Waals surface area (Å²) in [6.45, 7) is 5.54. The van der Waals surface area contributed by atoms with Crippen molar-refractivity contribution in [3.63, 3.8) is 0 Å². The Hall–Kier alpha value is -2.38. The van der Waals surface area contributed by atoms with E-state index in [4.69, 9.17) is 9.47 Å². The highest BCUT2D eigenvalue weighted by atomic mass is 32.2. The molecule has 2 aromatic carbocycles. The summed E-state index contributed by atoms with van der Waals surface area (Å²) < 4.78 is 37.8. The van der Waals surface area contributed by atoms with E-state index in [1.807, 2.05) is 31.2 Å². The van der Waals surface area contributed by atoms with Gasteiger partial charge in [-0.25, -0.2) is 13.2 Å². The predicted molar refractivity (Wildman–Crippen MR) is 111 cm³/mol. The van der Waals surface area contributed by atoms with Crippen LogP contribution in [0.25, 0.3) is 0 Å². The maximum atomic E-state index is 12.7. The minimum absolute atomic E-state index is 0.110. The van der Waals surface area contributed by atoms with Crippen LogP contribution in [0, 0.1) is 12.8 Å². The first-order valence-electron chi connectivity index (χ1n) is 9.83. The van der Waals surface area contributed by atoms with Crippen molar-refractivity contribution in [2.45, 2.75) is 31.6 Å². The molecule has 0 spiro atoms. The van der Waals surface area contributed by atoms with Gasteiger partial charge in [0, 0.05) is 13.1 Å². The fourth-order valence-electron chi connectivity index (χ4n) is 3.22. The van der Waals surface area contributed by atoms with E-state index in [-0.39, 0.29) is 18.1 Å². The van der Waals surface area contributed by atoms with Crippen LogP contribution in [0.1, 0.15) is 35.7 Å². The van der Waals surface area contributed by atoms with Crippen LogP contribution in [0.15, 0.2) is 53.4 Å². The number of nitrogens with zero attached hydrogens (tertiary/aromatic N) is 1. The van der Waals surface area contributed by atoms with Gasteiger partial charge >= 0.3 is 5.97 Å². The van der Waals surface area contributed by atoms with Crippen molar-refractivity contribution in [2.75, 3.05) is 26.3 Å². The van der Waals surface area contributed by atoms with Crippen molar-refractivity contribution in [3.05, 3.63) is 59.7 Å². The number of esters is 1. The van der Waals surface area contributed by atoms with Gasteiger partial charge in [0.2, 0.25) is 10.0 Å². The van der Waals surface area contributed by atoms with E-state index in [0.29, 0.717) is 24.6 Å². The Kier molecular flexibility index (Phi) is 6.92. The van der Waals surface area contributed by atoms with Crippen LogP contribution in [-0.2, 0) is 14.8 Å². The maximum absolute atomic E-state index is 12.7. The maximum Gasteiger partial charge on any atom is 0.338 e. The van der Waals surface area contributed by atoms with Gasteiger partial charge in [-0.2, -0.15) is 4.31 Å². The Balaban J connectivity index is 1.52. The van der Waals surface area contributed by atoms with Gasteiger partial charge in [-0.1, -0.05) is 19.1 Å². The number of carbonyl (C=O) groups is 1. The Morgan fingerprint density at radius 2 is 1.76 bits per heavy atom. The van der Waals surface area contributed by atoms with Gasteiger partial charge in [-0.3, -0.25) is 0 Å². The summed E-state index contributed by atoms with van der Waals surface area (Å²) in [7, 11) is -3.52. The molecule has 0 aromatic heterocycles. The largest absolute Gasteiger partial charge is 0.490 e. The van der Waals surface area contributed by atoms with Gasteiger partial charge in [0.15, 0.2) is 0 Å². The van der Waals surface area contributed by atoms with Gasteiger partial charge < -0.3 is 9.47 Å². The predicted octanol–water partition coefficient (Wildman–Crippen LogP) is 3.65. The molecule has 29 heavy (non-hydrogen) atoms. The SMILES string of the molecule is Cc1cccc(OCCOC(=O)c2ccc(S(=O)(=O)N3CCC(C)CC3)cc2)c1. The number of benzene rings is 2. The molecule has 0 N–H and O–H groups in total. The summed E-state index contributed by atoms with van der Waals surface area (Å²) >= 11 is 0. The number of hydrogen-bond acceptors (Lipinski definition) is 5. The molecule has 1 saturated heterocycles. The Bertz CT molecular complexity index is 932. The monoisotopic (exact) mass is 417 g/mol. The lowest BCUT2D eigenvalue weighted by Crippen LogP contribution is -2.37. The van der Waals surface area contributed by atoms with Gasteiger partial charge in [0.05, 0.1) is 10.5 Å². The van der Waals surface area contributed by atoms with Crippen LogP contribution in [-0.4, -0.2) is 45.0 Å². The van der Waals surface area contributed by atoms with Crippen molar-refractivity contribution in [3.8, 4) is 5.75 Å². The summed E-state index contributed by atoms with van der Waals surface area (Å²) in [5, 5.41) is 0. The molecule has 1 fully saturated rings. The lowest BCUT2D eigenvalue weighted by atomic mass is 10.0. The highest BCUT2D eigenvalue weighted by Gasteiger charge is 2.28. The summed E-state index contributed by atoms with van der Waals surface area (Å²) in [6.07, 6.45) is 1.74. The highest BCUT2D eigenvalue weighted by molar-refractivity contribution is 7.89. The number of hydrogen-bond donors (Lipinski definition) is 0. The van der Waals surface area contributed by atoms with Crippen molar-refractivity contribution in [1.29, 1.82) is 0 Å². The van der Waals surface area contributed by atoms with Gasteiger partial charge in [0.1, 0.15) is 19.0 Å². The molecule has 7 heteroatoms. The molecule has 0 aliphatic carbocycles. The molecular formula is C22H27NO5S. The van der Waals surface area contributed by atoms with E-state index in [1.165, 1.54) is 28.6 Å². The molecule has 0 atom stereocenters. The third-order valence-electron chi connectivity index (χ3n) is 5.05. The zero-order chi connectivity index (χ0) is 20.9. The molecule has 0 amide bonds. The summed E-state index contributed by atoms with van der Waals surface area (Å²) in [6, 6.07) is 13.5. The van der Waals surface area contributed by atoms with E-state index < -0.39 is 16.0 Å². The fraction of sp³-hybridized carbons (Fsp3) is 0.409. The summed E-state index contributed by atoms with van der Waals surface area (Å²) in [5.41, 5.74) is 1.40. The first-order valence-corrected chi connectivity index (χ1v) is 11.3. The lowest BCUT2D eigenvalue weighted by Gasteiger charge is -2.29. The normalized spacial score (nSPS) is 15.8. The fourth-order valence-corrected chi connectivity index (χ4v) is 4.69. The molecule has 3 rings (SSSR count). The number of piperidine rings is 1. The first kappa shape index (κ1) is 21.3. The molecule has 1 aliphatic heterocycles. The van der Waals surface area contributed by atoms with Crippen LogP contribution < -0.4 is 4.74 Å². The molecule has 0 unspecified atom stereocenters. The summed E-state index contributed by atoms with van der Waals surface area (Å²) in [5.74, 6) is 0.768. The standard InChI is InChI=1S/C22H27NO5S/c1-17-10-12-23(13-11-17)29(25,26)21-8-6-19(7-9-21)22(24)28-15-14-27-20-5-3-4-18(2)16-20/h3-9,16-17H,10-15H2,1-2H3. The highest BCUT2D eigenvalue weighted by Crippen LogP contribution is 2.23. The van der Waals surface area contributed by atoms with E-state index in [2.05, 4.69) is 6.92 Å². The zero-order valence-electron chi connectivity index (χ0n) is 16.8. The molecule has 0 bridgehead atoms. The second kappa shape index (κ2) is 9.41. The first-order chi connectivity index (χ1) is 13.9. The van der Waals surface area contributed by atoms with Crippen LogP contribution in [0.2, 0.25) is 0 Å². The van der Waals surface area contributed by atoms with E-state index in [1.54, 1.807) is 0 Å². The van der Waals surface area contributed by atoms with Crippen LogP contribution in [0.3, 0.4) is 0 Å². The molecule has 0 saturated carbocycles. The number of ether oxygens (including phenoxy) is 2. The molecule has 156 valence electrons. The zero-order valence-corrected chi connectivity index (χ0v) is 17.7. The third-order valence-corrected chi connectivity index (χ3v) is 6.96. The molecular weight excluding hydrogens is 390 g/mol. The number of rotatable bonds is 7. The van der Waals surface area contributed by atoms with Crippen molar-refractivity contribution in [2.24, 2.45) is 5.92 Å². The topological polar surface area (TPSA) is 72.9 Å². The van der Waals surface area contributed by atoms with Crippen molar-refractivity contribution < 1.29 is 22.7 Å². The lowest BCUT2D eigenvalue weighted by molar-refractivity contribution is 0.0450. The Morgan fingerprint density at radius 3 is 2.41 bits per heavy atom. The number of carbonyl (C=O) groups excluding carboxylic acids is 1. The average molecular weight is 418 g/mol. The molecule has 1 aliphatic rings. The Morgan fingerprint density at radius 1 is 1.07 bits per heavy atom. The van der Waals surface area contributed by atoms with Gasteiger partial charge in [-0.05, 0) is 67.6 Å². The minimum atomic E-state index is -3.52. The number of sulfonamides is 1. The van der Waals surface area contributed by atoms with Gasteiger partial charge in [-0.15, -0.1) is 0 Å². The quantitative estimate of drug-likeness (QED) is 0.508. The third kappa shape index (κ3) is 5.58. The molecule has 0 radical (unpaired) electrons. The molecule has 6 nitrogen and oxygen atoms in total. The second-order valence-electron chi connectivity index (χ2n) is 7.41. The van der Waals surface area contributed by atoms with Gasteiger partial charge in [0.25, 0.3) is 0 Å². The van der Waals surface area contributed by atoms with E-state index in [9.17, 15) is 13.2 Å². The smallest absolute Gasteiger partial charge is 0.338 e. The van der Waals surface area contributed by atoms with Crippen molar-refractivity contribution in [1.82, 2.24) is 4.31 Å². The van der Waals surface area contributed by atoms with Crippen molar-refractivity contribution >= 4 is 16.0 Å². The Labute approximate surface area is 172 Å². The minimum Gasteiger partial charge on any atom is -0.490 e. The average Bonchev–Trinajstić information content (AvgIpc) is 2.71.